The van der Waals surface area contributed by atoms with Crippen molar-refractivity contribution in [1.82, 2.24) is 4.98 Å². The topological polar surface area (TPSA) is 86.8 Å². The molecule has 0 saturated carbocycles. The molecule has 0 aliphatic carbocycles. The van der Waals surface area contributed by atoms with Crippen LogP contribution in [0.25, 0.3) is 0 Å². The van der Waals surface area contributed by atoms with Crippen molar-refractivity contribution < 1.29 is 23.8 Å². The summed E-state index contributed by atoms with van der Waals surface area (Å²) in [6.07, 6.45) is 2.91. The molecule has 7 heteroatoms. The highest BCUT2D eigenvalue weighted by Crippen LogP contribution is 2.28. The SMILES string of the molecule is COc1ccc(OC)c(NC(=O)COC(=O)c2cccnc2)c1. The first-order valence-electron chi connectivity index (χ1n) is 6.73. The van der Waals surface area contributed by atoms with Crippen LogP contribution in [0.2, 0.25) is 0 Å². The minimum atomic E-state index is -0.620. The maximum Gasteiger partial charge on any atom is 0.340 e. The normalized spacial score (nSPS) is 9.83. The molecule has 0 unspecified atom stereocenters. The number of pyridine rings is 1. The number of benzene rings is 1. The Labute approximate surface area is 133 Å². The van der Waals surface area contributed by atoms with E-state index in [1.54, 1.807) is 36.5 Å². The molecular weight excluding hydrogens is 300 g/mol. The van der Waals surface area contributed by atoms with E-state index in [2.05, 4.69) is 10.3 Å². The van der Waals surface area contributed by atoms with Crippen molar-refractivity contribution in [1.29, 1.82) is 0 Å². The number of esters is 1. The van der Waals surface area contributed by atoms with Crippen LogP contribution in [-0.2, 0) is 9.53 Å². The fraction of sp³-hybridized carbons (Fsp3) is 0.188. The zero-order valence-corrected chi connectivity index (χ0v) is 12.7. The Morgan fingerprint density at radius 3 is 2.65 bits per heavy atom. The molecule has 0 atom stereocenters. The number of nitrogens with one attached hydrogen (secondary N) is 1. The Hall–Kier alpha value is -3.09. The lowest BCUT2D eigenvalue weighted by Gasteiger charge is -2.11. The van der Waals surface area contributed by atoms with Gasteiger partial charge < -0.3 is 19.5 Å². The molecule has 0 aliphatic heterocycles. The van der Waals surface area contributed by atoms with E-state index in [1.165, 1.54) is 20.4 Å². The zero-order chi connectivity index (χ0) is 16.7. The van der Waals surface area contributed by atoms with Gasteiger partial charge in [-0.15, -0.1) is 0 Å². The maximum atomic E-state index is 11.9. The number of nitrogens with zero attached hydrogens (tertiary/aromatic N) is 1. The summed E-state index contributed by atoms with van der Waals surface area (Å²) in [6.45, 7) is -0.423. The predicted octanol–water partition coefficient (Wildman–Crippen LogP) is 1.89. The average Bonchev–Trinajstić information content (AvgIpc) is 2.60. The quantitative estimate of drug-likeness (QED) is 0.819. The first-order valence-corrected chi connectivity index (χ1v) is 6.73. The van der Waals surface area contributed by atoms with E-state index >= 15 is 0 Å². The number of methoxy groups -OCH3 is 2. The molecule has 2 rings (SSSR count). The zero-order valence-electron chi connectivity index (χ0n) is 12.7. The molecule has 0 fully saturated rings. The minimum absolute atomic E-state index is 0.277. The number of ether oxygens (including phenoxy) is 3. The van der Waals surface area contributed by atoms with Gasteiger partial charge in [-0.2, -0.15) is 0 Å². The average molecular weight is 316 g/mol. The van der Waals surface area contributed by atoms with Crippen LogP contribution < -0.4 is 14.8 Å². The Kier molecular flexibility index (Phi) is 5.51. The summed E-state index contributed by atoms with van der Waals surface area (Å²) in [4.78, 5) is 27.5. The van der Waals surface area contributed by atoms with Gasteiger partial charge in [-0.1, -0.05) is 0 Å². The lowest BCUT2D eigenvalue weighted by Crippen LogP contribution is -2.21. The minimum Gasteiger partial charge on any atom is -0.497 e. The van der Waals surface area contributed by atoms with Gasteiger partial charge in [0.1, 0.15) is 11.5 Å². The van der Waals surface area contributed by atoms with Crippen LogP contribution in [0.5, 0.6) is 11.5 Å². The van der Waals surface area contributed by atoms with Crippen molar-refractivity contribution in [2.75, 3.05) is 26.1 Å². The highest BCUT2D eigenvalue weighted by Gasteiger charge is 2.12. The molecule has 0 radical (unpaired) electrons. The smallest absolute Gasteiger partial charge is 0.340 e. The van der Waals surface area contributed by atoms with E-state index in [9.17, 15) is 9.59 Å². The van der Waals surface area contributed by atoms with Crippen molar-refractivity contribution in [3.8, 4) is 11.5 Å². The summed E-state index contributed by atoms with van der Waals surface area (Å²) >= 11 is 0. The third kappa shape index (κ3) is 4.44. The second-order valence-electron chi connectivity index (χ2n) is 4.43. The first-order chi connectivity index (χ1) is 11.1. The molecule has 1 heterocycles. The Morgan fingerprint density at radius 2 is 2.00 bits per heavy atom. The number of aromatic nitrogens is 1. The van der Waals surface area contributed by atoms with Gasteiger partial charge in [0, 0.05) is 18.5 Å². The second-order valence-corrected chi connectivity index (χ2v) is 4.43. The standard InChI is InChI=1S/C16H16N2O5/c1-21-12-5-6-14(22-2)13(8-12)18-15(19)10-23-16(20)11-4-3-7-17-9-11/h3-9H,10H2,1-2H3,(H,18,19). The fourth-order valence-corrected chi connectivity index (χ4v) is 1.80. The fourth-order valence-electron chi connectivity index (χ4n) is 1.80. The van der Waals surface area contributed by atoms with Crippen molar-refractivity contribution in [2.24, 2.45) is 0 Å². The van der Waals surface area contributed by atoms with Gasteiger partial charge in [-0.05, 0) is 24.3 Å². The van der Waals surface area contributed by atoms with Gasteiger partial charge in [0.2, 0.25) is 0 Å². The van der Waals surface area contributed by atoms with Gasteiger partial charge in [0.05, 0.1) is 25.5 Å². The largest absolute Gasteiger partial charge is 0.497 e. The molecule has 0 spiro atoms. The summed E-state index contributed by atoms with van der Waals surface area (Å²) < 4.78 is 15.2. The highest BCUT2D eigenvalue weighted by atomic mass is 16.5. The Morgan fingerprint density at radius 1 is 1.17 bits per heavy atom. The van der Waals surface area contributed by atoms with E-state index < -0.39 is 18.5 Å². The van der Waals surface area contributed by atoms with Gasteiger partial charge >= 0.3 is 5.97 Å². The van der Waals surface area contributed by atoms with E-state index in [0.29, 0.717) is 17.2 Å². The van der Waals surface area contributed by atoms with Crippen LogP contribution in [-0.4, -0.2) is 37.7 Å². The van der Waals surface area contributed by atoms with Crippen molar-refractivity contribution in [2.45, 2.75) is 0 Å². The maximum absolute atomic E-state index is 11.9. The molecule has 2 aromatic rings. The summed E-state index contributed by atoms with van der Waals surface area (Å²) in [6, 6.07) is 8.14. The third-order valence-corrected chi connectivity index (χ3v) is 2.91. The van der Waals surface area contributed by atoms with E-state index in [-0.39, 0.29) is 5.56 Å². The number of hydrogen-bond acceptors (Lipinski definition) is 6. The number of amides is 1. The summed E-state index contributed by atoms with van der Waals surface area (Å²) in [5.74, 6) is -0.0779. The molecule has 1 N–H and O–H groups in total. The van der Waals surface area contributed by atoms with Gasteiger partial charge in [-0.25, -0.2) is 4.79 Å². The molecule has 0 bridgehead atoms. The third-order valence-electron chi connectivity index (χ3n) is 2.91. The van der Waals surface area contributed by atoms with Gasteiger partial charge in [-0.3, -0.25) is 9.78 Å². The monoisotopic (exact) mass is 316 g/mol. The second kappa shape index (κ2) is 7.79. The number of anilines is 1. The Balaban J connectivity index is 1.96. The molecule has 0 saturated heterocycles. The van der Waals surface area contributed by atoms with Crippen LogP contribution in [0.3, 0.4) is 0 Å². The molecule has 1 aromatic heterocycles. The summed E-state index contributed by atoms with van der Waals surface area (Å²) in [5.41, 5.74) is 0.702. The number of carbonyl (C=O) groups is 2. The van der Waals surface area contributed by atoms with Crippen molar-refractivity contribution >= 4 is 17.6 Å². The highest BCUT2D eigenvalue weighted by molar-refractivity contribution is 5.96. The molecule has 23 heavy (non-hydrogen) atoms. The van der Waals surface area contributed by atoms with Crippen LogP contribution >= 0.6 is 0 Å². The van der Waals surface area contributed by atoms with Crippen LogP contribution in [0.1, 0.15) is 10.4 Å². The Bertz CT molecular complexity index is 688. The molecule has 0 aliphatic rings. The lowest BCUT2D eigenvalue weighted by molar-refractivity contribution is -0.119. The van der Waals surface area contributed by atoms with E-state index in [4.69, 9.17) is 14.2 Å². The molecule has 7 nitrogen and oxygen atoms in total. The van der Waals surface area contributed by atoms with E-state index in [1.807, 2.05) is 0 Å². The first kappa shape index (κ1) is 16.3. The molecular formula is C16H16N2O5. The molecule has 1 aromatic carbocycles. The van der Waals surface area contributed by atoms with Gasteiger partial charge in [0.25, 0.3) is 5.91 Å². The van der Waals surface area contributed by atoms with E-state index in [0.717, 1.165) is 0 Å². The number of hydrogen-bond donors (Lipinski definition) is 1. The lowest BCUT2D eigenvalue weighted by atomic mass is 10.2. The van der Waals surface area contributed by atoms with Crippen molar-refractivity contribution in [3.05, 3.63) is 48.3 Å². The van der Waals surface area contributed by atoms with Crippen LogP contribution in [0, 0.1) is 0 Å². The summed E-state index contributed by atoms with van der Waals surface area (Å²) in [7, 11) is 3.00. The summed E-state index contributed by atoms with van der Waals surface area (Å²) in [5, 5.41) is 2.61. The number of carbonyl (C=O) groups excluding carboxylic acids is 2. The van der Waals surface area contributed by atoms with Gasteiger partial charge in [0.15, 0.2) is 6.61 Å². The molecule has 120 valence electrons. The predicted molar refractivity (Wildman–Crippen MR) is 82.7 cm³/mol. The molecule has 1 amide bonds. The van der Waals surface area contributed by atoms with Crippen molar-refractivity contribution in [3.63, 3.8) is 0 Å². The van der Waals surface area contributed by atoms with Crippen LogP contribution in [0.15, 0.2) is 42.7 Å². The van der Waals surface area contributed by atoms with Crippen LogP contribution in [0.4, 0.5) is 5.69 Å². The number of rotatable bonds is 6.